The van der Waals surface area contributed by atoms with Crippen molar-refractivity contribution in [3.8, 4) is 0 Å². The largest absolute Gasteiger partial charge is 0.290 e. The first-order valence-corrected chi connectivity index (χ1v) is 6.87. The van der Waals surface area contributed by atoms with Crippen LogP contribution in [0, 0.1) is 23.7 Å². The quantitative estimate of drug-likeness (QED) is 0.600. The molecule has 5 rings (SSSR count). The van der Waals surface area contributed by atoms with Crippen LogP contribution in [0.5, 0.6) is 0 Å². The molecule has 18 heavy (non-hydrogen) atoms. The Bertz CT molecular complexity index is 416. The molecule has 4 aliphatic carbocycles. The highest BCUT2D eigenvalue weighted by Gasteiger charge is 2.49. The highest BCUT2D eigenvalue weighted by Crippen LogP contribution is 2.59. The third kappa shape index (κ3) is 1.51. The number of rotatable bonds is 2. The van der Waals surface area contributed by atoms with Gasteiger partial charge in [0.05, 0.1) is 0 Å². The van der Waals surface area contributed by atoms with Crippen molar-refractivity contribution in [2.75, 3.05) is 5.43 Å². The van der Waals surface area contributed by atoms with Crippen LogP contribution in [0.3, 0.4) is 0 Å². The van der Waals surface area contributed by atoms with E-state index in [1.807, 2.05) is 0 Å². The number of nitrogens with zero attached hydrogens (tertiary/aromatic N) is 4. The Morgan fingerprint density at radius 3 is 1.89 bits per heavy atom. The summed E-state index contributed by atoms with van der Waals surface area (Å²) in [4.78, 5) is 0. The summed E-state index contributed by atoms with van der Waals surface area (Å²) in [6.45, 7) is 0. The first-order chi connectivity index (χ1) is 8.83. The van der Waals surface area contributed by atoms with Crippen molar-refractivity contribution in [1.82, 2.24) is 20.4 Å². The second-order valence-electron chi connectivity index (χ2n) is 6.18. The van der Waals surface area contributed by atoms with Gasteiger partial charge in [-0.15, -0.1) is 20.4 Å². The van der Waals surface area contributed by atoms with Crippen LogP contribution in [0.4, 0.5) is 5.95 Å². The van der Waals surface area contributed by atoms with Crippen molar-refractivity contribution in [2.24, 2.45) is 29.5 Å². The van der Waals surface area contributed by atoms with Gasteiger partial charge in [0.25, 0.3) is 5.95 Å². The molecule has 4 fully saturated rings. The summed E-state index contributed by atoms with van der Waals surface area (Å²) in [6, 6.07) is 0. The number of hydrogen-bond acceptors (Lipinski definition) is 6. The SMILES string of the molecule is NNc1nnc(C2C3CC4CC(C3)CC2C4)nn1. The van der Waals surface area contributed by atoms with Crippen molar-refractivity contribution in [1.29, 1.82) is 0 Å². The van der Waals surface area contributed by atoms with Crippen molar-refractivity contribution < 1.29 is 0 Å². The number of anilines is 1. The standard InChI is InChI=1S/C12H18N6/c13-14-12-17-15-11(16-18-12)10-8-2-6-1-7(4-8)5-9(10)3-6/h6-10H,1-5,13H2,(H,14,17,18). The molecule has 0 saturated heterocycles. The maximum atomic E-state index is 5.24. The van der Waals surface area contributed by atoms with E-state index in [0.717, 1.165) is 29.5 Å². The number of aromatic nitrogens is 4. The predicted octanol–water partition coefficient (Wildman–Crippen LogP) is 1.09. The van der Waals surface area contributed by atoms with Gasteiger partial charge >= 0.3 is 0 Å². The molecule has 1 aromatic heterocycles. The fourth-order valence-corrected chi connectivity index (χ4v) is 4.78. The minimum absolute atomic E-state index is 0.294. The molecule has 0 amide bonds. The average Bonchev–Trinajstić information content (AvgIpc) is 2.38. The minimum Gasteiger partial charge on any atom is -0.290 e. The van der Waals surface area contributed by atoms with Gasteiger partial charge in [0.15, 0.2) is 5.82 Å². The third-order valence-electron chi connectivity index (χ3n) is 5.15. The molecule has 4 saturated carbocycles. The van der Waals surface area contributed by atoms with E-state index in [0.29, 0.717) is 11.9 Å². The molecule has 0 radical (unpaired) electrons. The number of hydrogen-bond donors (Lipinski definition) is 2. The molecule has 4 aliphatic rings. The van der Waals surface area contributed by atoms with Crippen LogP contribution < -0.4 is 11.3 Å². The van der Waals surface area contributed by atoms with Crippen LogP contribution in [0.2, 0.25) is 0 Å². The van der Waals surface area contributed by atoms with E-state index in [2.05, 4.69) is 25.8 Å². The molecule has 1 heterocycles. The van der Waals surface area contributed by atoms with Crippen LogP contribution in [-0.2, 0) is 0 Å². The summed E-state index contributed by atoms with van der Waals surface area (Å²) in [5.41, 5.74) is 2.37. The zero-order valence-electron chi connectivity index (χ0n) is 10.3. The van der Waals surface area contributed by atoms with Gasteiger partial charge < -0.3 is 0 Å². The second kappa shape index (κ2) is 3.85. The summed E-state index contributed by atoms with van der Waals surface area (Å²) in [6.07, 6.45) is 6.90. The lowest BCUT2D eigenvalue weighted by atomic mass is 9.52. The fourth-order valence-electron chi connectivity index (χ4n) is 4.78. The van der Waals surface area contributed by atoms with Gasteiger partial charge in [-0.1, -0.05) is 0 Å². The molecule has 0 unspecified atom stereocenters. The van der Waals surface area contributed by atoms with E-state index >= 15 is 0 Å². The summed E-state index contributed by atoms with van der Waals surface area (Å²) in [5, 5.41) is 16.4. The van der Waals surface area contributed by atoms with Gasteiger partial charge in [-0.2, -0.15) is 0 Å². The molecule has 1 aromatic rings. The Balaban J connectivity index is 1.63. The fraction of sp³-hybridized carbons (Fsp3) is 0.833. The predicted molar refractivity (Wildman–Crippen MR) is 65.2 cm³/mol. The second-order valence-corrected chi connectivity index (χ2v) is 6.18. The smallest absolute Gasteiger partial charge is 0.276 e. The summed E-state index contributed by atoms with van der Waals surface area (Å²) >= 11 is 0. The molecular weight excluding hydrogens is 228 g/mol. The van der Waals surface area contributed by atoms with E-state index in [4.69, 9.17) is 5.84 Å². The first kappa shape index (κ1) is 10.6. The molecule has 6 nitrogen and oxygen atoms in total. The highest BCUT2D eigenvalue weighted by atomic mass is 15.4. The normalized spacial score (nSPS) is 41.1. The minimum atomic E-state index is 0.294. The first-order valence-electron chi connectivity index (χ1n) is 6.87. The van der Waals surface area contributed by atoms with Gasteiger partial charge in [-0.05, 0) is 55.8 Å². The lowest BCUT2D eigenvalue weighted by molar-refractivity contribution is -0.00631. The molecule has 0 spiro atoms. The third-order valence-corrected chi connectivity index (χ3v) is 5.15. The Morgan fingerprint density at radius 2 is 1.39 bits per heavy atom. The zero-order chi connectivity index (χ0) is 12.1. The molecule has 6 heteroatoms. The Hall–Kier alpha value is -1.30. The van der Waals surface area contributed by atoms with Crippen LogP contribution in [-0.4, -0.2) is 20.4 Å². The van der Waals surface area contributed by atoms with Gasteiger partial charge in [-0.3, -0.25) is 5.43 Å². The van der Waals surface area contributed by atoms with Crippen molar-refractivity contribution >= 4 is 5.95 Å². The van der Waals surface area contributed by atoms with Gasteiger partial charge in [0, 0.05) is 5.92 Å². The number of nitrogens with one attached hydrogen (secondary N) is 1. The average molecular weight is 246 g/mol. The Kier molecular flexibility index (Phi) is 2.27. The number of nitrogen functional groups attached to an aromatic ring is 1. The molecular formula is C12H18N6. The van der Waals surface area contributed by atoms with Crippen molar-refractivity contribution in [2.45, 2.75) is 38.0 Å². The number of hydrazine groups is 1. The summed E-state index contributed by atoms with van der Waals surface area (Å²) in [7, 11) is 0. The van der Waals surface area contributed by atoms with E-state index in [9.17, 15) is 0 Å². The molecule has 4 bridgehead atoms. The summed E-state index contributed by atoms with van der Waals surface area (Å²) in [5.74, 6) is 10.3. The van der Waals surface area contributed by atoms with E-state index in [1.54, 1.807) is 0 Å². The van der Waals surface area contributed by atoms with Gasteiger partial charge in [-0.25, -0.2) is 5.84 Å². The maximum absolute atomic E-state index is 5.24. The van der Waals surface area contributed by atoms with E-state index in [1.165, 1.54) is 32.1 Å². The molecule has 0 atom stereocenters. The summed E-state index contributed by atoms with van der Waals surface area (Å²) < 4.78 is 0. The van der Waals surface area contributed by atoms with Gasteiger partial charge in [0.2, 0.25) is 0 Å². The van der Waals surface area contributed by atoms with E-state index in [-0.39, 0.29) is 0 Å². The molecule has 3 N–H and O–H groups in total. The zero-order valence-corrected chi connectivity index (χ0v) is 10.3. The monoisotopic (exact) mass is 246 g/mol. The van der Waals surface area contributed by atoms with Crippen LogP contribution in [0.15, 0.2) is 0 Å². The van der Waals surface area contributed by atoms with E-state index < -0.39 is 0 Å². The molecule has 0 aliphatic heterocycles. The Labute approximate surface area is 106 Å². The number of nitrogens with two attached hydrogens (primary N) is 1. The topological polar surface area (TPSA) is 89.6 Å². The maximum Gasteiger partial charge on any atom is 0.276 e. The molecule has 0 aromatic carbocycles. The highest BCUT2D eigenvalue weighted by molar-refractivity contribution is 5.17. The van der Waals surface area contributed by atoms with Crippen LogP contribution in [0.25, 0.3) is 0 Å². The lowest BCUT2D eigenvalue weighted by Gasteiger charge is -2.53. The van der Waals surface area contributed by atoms with Crippen molar-refractivity contribution in [3.05, 3.63) is 5.82 Å². The lowest BCUT2D eigenvalue weighted by Crippen LogP contribution is -2.44. The van der Waals surface area contributed by atoms with Gasteiger partial charge in [0.1, 0.15) is 0 Å². The van der Waals surface area contributed by atoms with Crippen molar-refractivity contribution in [3.63, 3.8) is 0 Å². The Morgan fingerprint density at radius 1 is 0.833 bits per heavy atom. The van der Waals surface area contributed by atoms with Crippen LogP contribution >= 0.6 is 0 Å². The van der Waals surface area contributed by atoms with Crippen LogP contribution in [0.1, 0.15) is 43.8 Å². The molecule has 96 valence electrons.